The third kappa shape index (κ3) is 4.68. The van der Waals surface area contributed by atoms with Gasteiger partial charge in [-0.15, -0.1) is 0 Å². The van der Waals surface area contributed by atoms with E-state index in [1.807, 2.05) is 0 Å². The molecule has 1 heterocycles. The van der Waals surface area contributed by atoms with E-state index in [0.717, 1.165) is 6.26 Å². The lowest BCUT2D eigenvalue weighted by Crippen LogP contribution is -2.38. The molecule has 0 saturated carbocycles. The Morgan fingerprint density at radius 1 is 1.15 bits per heavy atom. The van der Waals surface area contributed by atoms with Crippen LogP contribution in [-0.2, 0) is 33.8 Å². The minimum Gasteiger partial charge on any atom is -0.495 e. The van der Waals surface area contributed by atoms with Gasteiger partial charge in [0, 0.05) is 5.69 Å². The molecule has 11 heteroatoms. The second-order valence-electron chi connectivity index (χ2n) is 5.47. The van der Waals surface area contributed by atoms with E-state index in [1.54, 1.807) is 6.07 Å². The first-order valence-electron chi connectivity index (χ1n) is 7.62. The van der Waals surface area contributed by atoms with Gasteiger partial charge in [-0.2, -0.15) is 0 Å². The van der Waals surface area contributed by atoms with Gasteiger partial charge in [0.05, 0.1) is 45.5 Å². The maximum absolute atomic E-state index is 12.3. The minimum absolute atomic E-state index is 0.0101. The quantitative estimate of drug-likeness (QED) is 0.679. The van der Waals surface area contributed by atoms with Crippen molar-refractivity contribution >= 4 is 33.3 Å². The standard InChI is InChI=1S/C16H20N2O8S/c1-23-13-6-5-10(7-12(13)17-27(4,21)22)18-9-26-8-11(15(19)24-2)14(18)16(20)25-3/h5-7,17H,8-9H2,1-4H3. The number of anilines is 2. The largest absolute Gasteiger partial charge is 0.495 e. The van der Waals surface area contributed by atoms with Gasteiger partial charge in [-0.05, 0) is 18.2 Å². The molecule has 0 bridgehead atoms. The van der Waals surface area contributed by atoms with Crippen molar-refractivity contribution in [2.45, 2.75) is 0 Å². The molecule has 0 aromatic heterocycles. The van der Waals surface area contributed by atoms with Crippen LogP contribution in [0.2, 0.25) is 0 Å². The van der Waals surface area contributed by atoms with E-state index < -0.39 is 22.0 Å². The average Bonchev–Trinajstić information content (AvgIpc) is 2.64. The highest BCUT2D eigenvalue weighted by Crippen LogP contribution is 2.33. The molecule has 0 unspecified atom stereocenters. The lowest BCUT2D eigenvalue weighted by atomic mass is 10.1. The number of ether oxygens (including phenoxy) is 4. The summed E-state index contributed by atoms with van der Waals surface area (Å²) in [6.07, 6.45) is 0.998. The smallest absolute Gasteiger partial charge is 0.355 e. The molecule has 0 radical (unpaired) electrons. The molecule has 27 heavy (non-hydrogen) atoms. The number of esters is 2. The van der Waals surface area contributed by atoms with Crippen LogP contribution in [0.5, 0.6) is 5.75 Å². The van der Waals surface area contributed by atoms with E-state index in [2.05, 4.69) is 4.72 Å². The van der Waals surface area contributed by atoms with Crippen LogP contribution < -0.4 is 14.4 Å². The summed E-state index contributed by atoms with van der Waals surface area (Å²) in [6.45, 7) is -0.187. The van der Waals surface area contributed by atoms with E-state index in [0.29, 0.717) is 5.69 Å². The number of hydrogen-bond donors (Lipinski definition) is 1. The maximum atomic E-state index is 12.3. The molecule has 1 aromatic carbocycles. The van der Waals surface area contributed by atoms with Gasteiger partial charge in [0.1, 0.15) is 18.2 Å². The number of carbonyl (C=O) groups is 2. The third-order valence-corrected chi connectivity index (χ3v) is 4.21. The summed E-state index contributed by atoms with van der Waals surface area (Å²) in [4.78, 5) is 25.7. The molecule has 0 amide bonds. The van der Waals surface area contributed by atoms with Crippen molar-refractivity contribution in [2.24, 2.45) is 0 Å². The molecular weight excluding hydrogens is 380 g/mol. The lowest BCUT2D eigenvalue weighted by Gasteiger charge is -2.31. The molecule has 2 rings (SSSR count). The van der Waals surface area contributed by atoms with Gasteiger partial charge in [-0.1, -0.05) is 0 Å². The summed E-state index contributed by atoms with van der Waals surface area (Å²) in [5.41, 5.74) is 0.477. The summed E-state index contributed by atoms with van der Waals surface area (Å²) in [5.74, 6) is -1.21. The fourth-order valence-corrected chi connectivity index (χ4v) is 3.05. The van der Waals surface area contributed by atoms with E-state index in [4.69, 9.17) is 18.9 Å². The second kappa shape index (κ2) is 8.27. The van der Waals surface area contributed by atoms with E-state index in [1.165, 1.54) is 38.4 Å². The molecule has 1 aromatic rings. The Labute approximate surface area is 156 Å². The fraction of sp³-hybridized carbons (Fsp3) is 0.375. The average molecular weight is 400 g/mol. The summed E-state index contributed by atoms with van der Waals surface area (Å²) in [5, 5.41) is 0. The number of benzene rings is 1. The van der Waals surface area contributed by atoms with Crippen LogP contribution in [0.15, 0.2) is 29.5 Å². The van der Waals surface area contributed by atoms with Gasteiger partial charge in [-0.25, -0.2) is 18.0 Å². The molecular formula is C16H20N2O8S. The summed E-state index contributed by atoms with van der Waals surface area (Å²) in [7, 11) is 0.181. The lowest BCUT2D eigenvalue weighted by molar-refractivity contribution is -0.140. The molecule has 148 valence electrons. The van der Waals surface area contributed by atoms with Gasteiger partial charge in [0.25, 0.3) is 0 Å². The van der Waals surface area contributed by atoms with Crippen molar-refractivity contribution in [1.82, 2.24) is 0 Å². The first kappa shape index (κ1) is 20.5. The fourth-order valence-electron chi connectivity index (χ4n) is 2.49. The summed E-state index contributed by atoms with van der Waals surface area (Å²) < 4.78 is 45.6. The van der Waals surface area contributed by atoms with Crippen molar-refractivity contribution in [2.75, 3.05) is 50.5 Å². The Hall–Kier alpha value is -2.79. The summed E-state index contributed by atoms with van der Waals surface area (Å²) >= 11 is 0. The zero-order chi connectivity index (χ0) is 20.2. The Balaban J connectivity index is 2.59. The van der Waals surface area contributed by atoms with Crippen molar-refractivity contribution < 1.29 is 37.0 Å². The number of nitrogens with zero attached hydrogens (tertiary/aromatic N) is 1. The normalized spacial score (nSPS) is 14.6. The van der Waals surface area contributed by atoms with Crippen LogP contribution in [0.4, 0.5) is 11.4 Å². The second-order valence-corrected chi connectivity index (χ2v) is 7.22. The highest BCUT2D eigenvalue weighted by Gasteiger charge is 2.32. The monoisotopic (exact) mass is 400 g/mol. The zero-order valence-corrected chi connectivity index (χ0v) is 16.1. The number of rotatable bonds is 6. The topological polar surface area (TPSA) is 120 Å². The van der Waals surface area contributed by atoms with Crippen molar-refractivity contribution in [1.29, 1.82) is 0 Å². The Kier molecular flexibility index (Phi) is 6.28. The molecule has 0 fully saturated rings. The Morgan fingerprint density at radius 2 is 1.81 bits per heavy atom. The Morgan fingerprint density at radius 3 is 2.37 bits per heavy atom. The predicted octanol–water partition coefficient (Wildman–Crippen LogP) is 0.461. The molecule has 1 aliphatic rings. The first-order valence-corrected chi connectivity index (χ1v) is 9.51. The van der Waals surface area contributed by atoms with E-state index in [9.17, 15) is 18.0 Å². The SMILES string of the molecule is COC(=O)C1=C(C(=O)OC)N(c2ccc(OC)c(NS(C)(=O)=O)c2)COC1. The van der Waals surface area contributed by atoms with Crippen LogP contribution in [0.1, 0.15) is 0 Å². The first-order chi connectivity index (χ1) is 12.7. The molecule has 1 N–H and O–H groups in total. The minimum atomic E-state index is -3.58. The molecule has 1 aliphatic heterocycles. The van der Waals surface area contributed by atoms with Gasteiger partial charge in [0.15, 0.2) is 0 Å². The highest BCUT2D eigenvalue weighted by molar-refractivity contribution is 7.92. The number of carbonyl (C=O) groups excluding carboxylic acids is 2. The van der Waals surface area contributed by atoms with Crippen LogP contribution in [-0.4, -0.2) is 61.3 Å². The van der Waals surface area contributed by atoms with Crippen LogP contribution >= 0.6 is 0 Å². The van der Waals surface area contributed by atoms with Gasteiger partial charge < -0.3 is 23.8 Å². The highest BCUT2D eigenvalue weighted by atomic mass is 32.2. The summed E-state index contributed by atoms with van der Waals surface area (Å²) in [6, 6.07) is 4.55. The van der Waals surface area contributed by atoms with Crippen molar-refractivity contribution in [3.63, 3.8) is 0 Å². The predicted molar refractivity (Wildman–Crippen MR) is 95.8 cm³/mol. The van der Waals surface area contributed by atoms with Crippen molar-refractivity contribution in [3.05, 3.63) is 29.5 Å². The molecule has 0 atom stereocenters. The maximum Gasteiger partial charge on any atom is 0.355 e. The van der Waals surface area contributed by atoms with E-state index in [-0.39, 0.29) is 36.0 Å². The molecule has 0 aliphatic carbocycles. The number of methoxy groups -OCH3 is 3. The van der Waals surface area contributed by atoms with Gasteiger partial charge in [-0.3, -0.25) is 4.72 Å². The number of hydrogen-bond acceptors (Lipinski definition) is 9. The van der Waals surface area contributed by atoms with Crippen LogP contribution in [0.25, 0.3) is 0 Å². The van der Waals surface area contributed by atoms with Crippen LogP contribution in [0.3, 0.4) is 0 Å². The van der Waals surface area contributed by atoms with Crippen molar-refractivity contribution in [3.8, 4) is 5.75 Å². The molecule has 10 nitrogen and oxygen atoms in total. The Bertz CT molecular complexity index is 878. The zero-order valence-electron chi connectivity index (χ0n) is 15.3. The number of nitrogens with one attached hydrogen (secondary N) is 1. The molecule has 0 saturated heterocycles. The van der Waals surface area contributed by atoms with Gasteiger partial charge >= 0.3 is 11.9 Å². The van der Waals surface area contributed by atoms with Gasteiger partial charge in [0.2, 0.25) is 10.0 Å². The van der Waals surface area contributed by atoms with Crippen LogP contribution in [0, 0.1) is 0 Å². The molecule has 0 spiro atoms. The third-order valence-electron chi connectivity index (χ3n) is 3.62. The number of sulfonamides is 1. The van der Waals surface area contributed by atoms with E-state index >= 15 is 0 Å².